The fourth-order valence-corrected chi connectivity index (χ4v) is 3.52. The van der Waals surface area contributed by atoms with Gasteiger partial charge in [-0.05, 0) is 29.7 Å². The molecule has 4 nitrogen and oxygen atoms in total. The van der Waals surface area contributed by atoms with Crippen LogP contribution in [0.1, 0.15) is 10.4 Å². The highest BCUT2D eigenvalue weighted by Crippen LogP contribution is 2.23. The minimum absolute atomic E-state index is 0. The predicted octanol–water partition coefficient (Wildman–Crippen LogP) is 2.25. The van der Waals surface area contributed by atoms with Gasteiger partial charge < -0.3 is 10.6 Å². The van der Waals surface area contributed by atoms with Gasteiger partial charge in [-0.25, -0.2) is 0 Å². The Morgan fingerprint density at radius 2 is 2.24 bits per heavy atom. The van der Waals surface area contributed by atoms with Crippen LogP contribution in [0.4, 0.5) is 0 Å². The Kier molecular flexibility index (Phi) is 9.70. The number of thioether (sulfide) groups is 1. The van der Waals surface area contributed by atoms with Gasteiger partial charge in [-0.1, -0.05) is 0 Å². The molecule has 0 amide bonds. The molecular weight excluding hydrogens is 415 g/mol. The molecule has 2 heterocycles. The van der Waals surface area contributed by atoms with Crippen molar-refractivity contribution in [1.82, 2.24) is 15.5 Å². The number of nitrogens with zero attached hydrogens (tertiary/aromatic N) is 2. The van der Waals surface area contributed by atoms with E-state index in [-0.39, 0.29) is 24.0 Å². The molecule has 0 bridgehead atoms. The number of halogens is 1. The van der Waals surface area contributed by atoms with Gasteiger partial charge >= 0.3 is 0 Å². The van der Waals surface area contributed by atoms with Crippen LogP contribution in [0.15, 0.2) is 16.4 Å². The van der Waals surface area contributed by atoms with Crippen molar-refractivity contribution in [1.29, 1.82) is 0 Å². The largest absolute Gasteiger partial charge is 0.356 e. The van der Waals surface area contributed by atoms with E-state index in [0.29, 0.717) is 0 Å². The molecule has 1 aromatic heterocycles. The minimum atomic E-state index is 0. The molecule has 0 saturated heterocycles. The van der Waals surface area contributed by atoms with Crippen LogP contribution < -0.4 is 10.6 Å². The smallest absolute Gasteiger partial charge is 0.191 e. The normalized spacial score (nSPS) is 15.2. The SMILES string of the molecule is CN=C(NCCSC)NCCN1CCc2sccc2C1.I. The molecule has 1 aliphatic heterocycles. The van der Waals surface area contributed by atoms with Crippen molar-refractivity contribution in [3.05, 3.63) is 21.9 Å². The molecule has 2 N–H and O–H groups in total. The summed E-state index contributed by atoms with van der Waals surface area (Å²) in [7, 11) is 1.83. The lowest BCUT2D eigenvalue weighted by Crippen LogP contribution is -2.43. The van der Waals surface area contributed by atoms with E-state index in [1.807, 2.05) is 30.1 Å². The van der Waals surface area contributed by atoms with Gasteiger partial charge in [-0.15, -0.1) is 35.3 Å². The Hall–Kier alpha value is 0.01000. The highest BCUT2D eigenvalue weighted by atomic mass is 127. The number of aliphatic imine (C=N–C) groups is 1. The first-order valence-corrected chi connectivity index (χ1v) is 9.32. The van der Waals surface area contributed by atoms with Crippen LogP contribution in [-0.2, 0) is 13.0 Å². The summed E-state index contributed by atoms with van der Waals surface area (Å²) < 4.78 is 0. The zero-order chi connectivity index (χ0) is 14.2. The van der Waals surface area contributed by atoms with Crippen molar-refractivity contribution >= 4 is 53.0 Å². The highest BCUT2D eigenvalue weighted by Gasteiger charge is 2.16. The molecule has 0 aromatic carbocycles. The zero-order valence-corrected chi connectivity index (χ0v) is 16.7. The first-order chi connectivity index (χ1) is 9.83. The number of hydrogen-bond donors (Lipinski definition) is 2. The molecule has 0 atom stereocenters. The maximum Gasteiger partial charge on any atom is 0.191 e. The summed E-state index contributed by atoms with van der Waals surface area (Å²) >= 11 is 3.74. The van der Waals surface area contributed by atoms with E-state index in [1.165, 1.54) is 18.5 Å². The Morgan fingerprint density at radius 1 is 1.43 bits per heavy atom. The van der Waals surface area contributed by atoms with Crippen LogP contribution in [0.5, 0.6) is 0 Å². The van der Waals surface area contributed by atoms with Gasteiger partial charge in [0.1, 0.15) is 0 Å². The lowest BCUT2D eigenvalue weighted by Gasteiger charge is -2.27. The Labute approximate surface area is 153 Å². The molecule has 2 rings (SSSR count). The summed E-state index contributed by atoms with van der Waals surface area (Å²) in [4.78, 5) is 8.32. The molecule has 1 aromatic rings. The van der Waals surface area contributed by atoms with E-state index >= 15 is 0 Å². The summed E-state index contributed by atoms with van der Waals surface area (Å²) in [5.74, 6) is 2.01. The molecule has 0 unspecified atom stereocenters. The predicted molar refractivity (Wildman–Crippen MR) is 106 cm³/mol. The van der Waals surface area contributed by atoms with E-state index in [4.69, 9.17) is 0 Å². The van der Waals surface area contributed by atoms with E-state index in [2.05, 4.69) is 38.2 Å². The van der Waals surface area contributed by atoms with E-state index in [9.17, 15) is 0 Å². The summed E-state index contributed by atoms with van der Waals surface area (Å²) in [6, 6.07) is 2.27. The van der Waals surface area contributed by atoms with E-state index in [0.717, 1.165) is 37.9 Å². The third-order valence-electron chi connectivity index (χ3n) is 3.43. The first kappa shape index (κ1) is 19.1. The summed E-state index contributed by atoms with van der Waals surface area (Å²) in [6.07, 6.45) is 3.32. The van der Waals surface area contributed by atoms with Gasteiger partial charge in [0.15, 0.2) is 5.96 Å². The average Bonchev–Trinajstić information content (AvgIpc) is 2.93. The number of thiophene rings is 1. The molecule has 0 radical (unpaired) electrons. The maximum absolute atomic E-state index is 4.24. The van der Waals surface area contributed by atoms with E-state index in [1.54, 1.807) is 4.88 Å². The van der Waals surface area contributed by atoms with Crippen LogP contribution in [0.2, 0.25) is 0 Å². The Balaban J connectivity index is 0.00000220. The second kappa shape index (κ2) is 10.7. The van der Waals surface area contributed by atoms with Gasteiger partial charge in [0.2, 0.25) is 0 Å². The number of rotatable bonds is 6. The van der Waals surface area contributed by atoms with Crippen LogP contribution >= 0.6 is 47.1 Å². The van der Waals surface area contributed by atoms with Crippen LogP contribution in [0, 0.1) is 0 Å². The first-order valence-electron chi connectivity index (χ1n) is 7.04. The quantitative estimate of drug-likeness (QED) is 0.308. The Bertz CT molecular complexity index is 436. The second-order valence-electron chi connectivity index (χ2n) is 4.81. The van der Waals surface area contributed by atoms with Crippen molar-refractivity contribution in [2.45, 2.75) is 13.0 Å². The van der Waals surface area contributed by atoms with Crippen molar-refractivity contribution in [2.75, 3.05) is 45.2 Å². The number of hydrogen-bond acceptors (Lipinski definition) is 4. The molecule has 0 fully saturated rings. The van der Waals surface area contributed by atoms with E-state index < -0.39 is 0 Å². The molecule has 1 aliphatic rings. The molecule has 0 saturated carbocycles. The highest BCUT2D eigenvalue weighted by molar-refractivity contribution is 14.0. The topological polar surface area (TPSA) is 39.7 Å². The molecular formula is C14H25IN4S2. The molecule has 7 heteroatoms. The fraction of sp³-hybridized carbons (Fsp3) is 0.643. The number of guanidine groups is 1. The lowest BCUT2D eigenvalue weighted by molar-refractivity contribution is 0.260. The van der Waals surface area contributed by atoms with Crippen molar-refractivity contribution in [3.63, 3.8) is 0 Å². The number of nitrogens with one attached hydrogen (secondary N) is 2. The molecule has 0 aliphatic carbocycles. The fourth-order valence-electron chi connectivity index (χ4n) is 2.32. The van der Waals surface area contributed by atoms with Gasteiger partial charge in [-0.3, -0.25) is 9.89 Å². The van der Waals surface area contributed by atoms with Gasteiger partial charge in [0, 0.05) is 50.4 Å². The average molecular weight is 440 g/mol. The summed E-state index contributed by atoms with van der Waals surface area (Å²) in [5.41, 5.74) is 1.52. The molecule has 0 spiro atoms. The van der Waals surface area contributed by atoms with Crippen LogP contribution in [0.25, 0.3) is 0 Å². The standard InChI is InChI=1S/C14H24N4S2.HI/c1-15-14(17-6-10-19-2)16-5-8-18-7-3-13-12(11-18)4-9-20-13;/h4,9H,3,5-8,10-11H2,1-2H3,(H2,15,16,17);1H. The minimum Gasteiger partial charge on any atom is -0.356 e. The molecule has 120 valence electrons. The second-order valence-corrected chi connectivity index (χ2v) is 6.80. The van der Waals surface area contributed by atoms with Crippen LogP contribution in [-0.4, -0.2) is 56.1 Å². The van der Waals surface area contributed by atoms with Gasteiger partial charge in [-0.2, -0.15) is 11.8 Å². The molecule has 21 heavy (non-hydrogen) atoms. The summed E-state index contributed by atoms with van der Waals surface area (Å²) in [6.45, 7) is 5.24. The van der Waals surface area contributed by atoms with Gasteiger partial charge in [0.05, 0.1) is 0 Å². The van der Waals surface area contributed by atoms with Crippen molar-refractivity contribution in [3.8, 4) is 0 Å². The lowest BCUT2D eigenvalue weighted by atomic mass is 10.1. The van der Waals surface area contributed by atoms with Crippen LogP contribution in [0.3, 0.4) is 0 Å². The van der Waals surface area contributed by atoms with Crippen molar-refractivity contribution in [2.24, 2.45) is 4.99 Å². The van der Waals surface area contributed by atoms with Gasteiger partial charge in [0.25, 0.3) is 0 Å². The third kappa shape index (κ3) is 6.33. The monoisotopic (exact) mass is 440 g/mol. The number of fused-ring (bicyclic) bond motifs is 1. The maximum atomic E-state index is 4.24. The zero-order valence-electron chi connectivity index (χ0n) is 12.7. The Morgan fingerprint density at radius 3 is 3.00 bits per heavy atom. The van der Waals surface area contributed by atoms with Crippen molar-refractivity contribution < 1.29 is 0 Å². The summed E-state index contributed by atoms with van der Waals surface area (Å²) in [5, 5.41) is 8.92. The third-order valence-corrected chi connectivity index (χ3v) is 5.06.